The van der Waals surface area contributed by atoms with Gasteiger partial charge in [0.1, 0.15) is 24.7 Å². The number of Topliss-reactive ketones (excluding diaryl/α,β-unsaturated/α-hetero) is 1. The highest BCUT2D eigenvalue weighted by atomic mass is 16.5. The van der Waals surface area contributed by atoms with Gasteiger partial charge in [0.15, 0.2) is 0 Å². The standard InChI is InChI=1S/C28H47N5O9/c1-8-10-18(23(36)26(39)29-13-20(34)35)30-24(37)19-11-9-12-33(19)27(40)22(17(6)7)31-25(38)21(16(4)5)32-28(41)42-14-15(2)3/h15-19,21-22H,8-14H2,1-7H3,(H,29,39)(H,30,37)(H,31,38)(H,32,41)(H,34,35). The number of alkyl carbamates (subject to hydrolysis) is 1. The zero-order valence-corrected chi connectivity index (χ0v) is 25.7. The van der Waals surface area contributed by atoms with E-state index >= 15 is 0 Å². The summed E-state index contributed by atoms with van der Waals surface area (Å²) in [7, 11) is 0. The number of hydrogen-bond acceptors (Lipinski definition) is 8. The summed E-state index contributed by atoms with van der Waals surface area (Å²) in [5, 5.41) is 18.6. The molecule has 0 saturated carbocycles. The van der Waals surface area contributed by atoms with Crippen LogP contribution in [0, 0.1) is 17.8 Å². The largest absolute Gasteiger partial charge is 0.480 e. The third-order valence-electron chi connectivity index (χ3n) is 6.67. The van der Waals surface area contributed by atoms with Gasteiger partial charge >= 0.3 is 12.1 Å². The van der Waals surface area contributed by atoms with Gasteiger partial charge in [0.25, 0.3) is 5.91 Å². The van der Waals surface area contributed by atoms with E-state index in [0.29, 0.717) is 19.3 Å². The minimum absolute atomic E-state index is 0.111. The molecule has 238 valence electrons. The van der Waals surface area contributed by atoms with Crippen LogP contribution in [0.25, 0.3) is 0 Å². The number of carbonyl (C=O) groups excluding carboxylic acids is 6. The number of likely N-dealkylation sites (tertiary alicyclic amines) is 1. The van der Waals surface area contributed by atoms with Crippen LogP contribution in [0.4, 0.5) is 4.79 Å². The highest BCUT2D eigenvalue weighted by Crippen LogP contribution is 2.21. The average Bonchev–Trinajstić information content (AvgIpc) is 3.40. The summed E-state index contributed by atoms with van der Waals surface area (Å²) in [4.78, 5) is 89.2. The number of amides is 5. The first-order valence-corrected chi connectivity index (χ1v) is 14.5. The first kappa shape index (κ1) is 36.3. The molecule has 4 atom stereocenters. The number of nitrogens with zero attached hydrogens (tertiary/aromatic N) is 1. The van der Waals surface area contributed by atoms with E-state index in [1.807, 2.05) is 19.2 Å². The number of aliphatic carboxylic acids is 1. The van der Waals surface area contributed by atoms with Crippen molar-refractivity contribution in [2.45, 2.75) is 98.3 Å². The first-order valence-electron chi connectivity index (χ1n) is 14.5. The zero-order valence-electron chi connectivity index (χ0n) is 25.7. The number of carboxylic acid groups (broad SMARTS) is 1. The Bertz CT molecular complexity index is 998. The van der Waals surface area contributed by atoms with E-state index in [1.54, 1.807) is 34.6 Å². The highest BCUT2D eigenvalue weighted by molar-refractivity contribution is 6.38. The Morgan fingerprint density at radius 3 is 2.05 bits per heavy atom. The molecular formula is C28H47N5O9. The summed E-state index contributed by atoms with van der Waals surface area (Å²) < 4.78 is 5.14. The second kappa shape index (κ2) is 17.3. The molecule has 4 unspecified atom stereocenters. The van der Waals surface area contributed by atoms with E-state index in [4.69, 9.17) is 9.84 Å². The smallest absolute Gasteiger partial charge is 0.407 e. The maximum atomic E-state index is 13.7. The number of hydrogen-bond donors (Lipinski definition) is 5. The van der Waals surface area contributed by atoms with Gasteiger partial charge in [-0.1, -0.05) is 54.9 Å². The lowest BCUT2D eigenvalue weighted by Crippen LogP contribution is -2.59. The molecule has 0 aromatic carbocycles. The Kier molecular flexibility index (Phi) is 15.0. The van der Waals surface area contributed by atoms with Gasteiger partial charge in [0.2, 0.25) is 23.5 Å². The van der Waals surface area contributed by atoms with E-state index in [0.717, 1.165) is 0 Å². The summed E-state index contributed by atoms with van der Waals surface area (Å²) in [6.07, 6.45) is 0.667. The van der Waals surface area contributed by atoms with Crippen LogP contribution in [0.3, 0.4) is 0 Å². The van der Waals surface area contributed by atoms with E-state index in [9.17, 15) is 33.6 Å². The second-order valence-corrected chi connectivity index (χ2v) is 11.6. The fourth-order valence-corrected chi connectivity index (χ4v) is 4.41. The van der Waals surface area contributed by atoms with Gasteiger partial charge in [-0.3, -0.25) is 28.8 Å². The van der Waals surface area contributed by atoms with Crippen molar-refractivity contribution >= 4 is 41.5 Å². The summed E-state index contributed by atoms with van der Waals surface area (Å²) in [5.41, 5.74) is 0. The van der Waals surface area contributed by atoms with Crippen LogP contribution in [-0.4, -0.2) is 95.3 Å². The van der Waals surface area contributed by atoms with Gasteiger partial charge < -0.3 is 36.0 Å². The monoisotopic (exact) mass is 597 g/mol. The predicted octanol–water partition coefficient (Wildman–Crippen LogP) is 0.580. The fourth-order valence-electron chi connectivity index (χ4n) is 4.41. The van der Waals surface area contributed by atoms with Crippen molar-refractivity contribution in [3.8, 4) is 0 Å². The van der Waals surface area contributed by atoms with Gasteiger partial charge in [-0.2, -0.15) is 0 Å². The molecule has 1 rings (SSSR count). The van der Waals surface area contributed by atoms with Crippen LogP contribution < -0.4 is 21.3 Å². The molecule has 1 fully saturated rings. The normalized spacial score (nSPS) is 16.9. The molecule has 42 heavy (non-hydrogen) atoms. The number of carbonyl (C=O) groups is 7. The van der Waals surface area contributed by atoms with Crippen LogP contribution in [-0.2, 0) is 33.5 Å². The van der Waals surface area contributed by atoms with Crippen LogP contribution in [0.5, 0.6) is 0 Å². The summed E-state index contributed by atoms with van der Waals surface area (Å²) in [5.74, 6) is -5.67. The Labute approximate surface area is 247 Å². The summed E-state index contributed by atoms with van der Waals surface area (Å²) in [6, 6.07) is -4.10. The average molecular weight is 598 g/mol. The number of ether oxygens (including phenoxy) is 1. The Balaban J connectivity index is 3.02. The van der Waals surface area contributed by atoms with Gasteiger partial charge in [-0.25, -0.2) is 4.79 Å². The van der Waals surface area contributed by atoms with Gasteiger partial charge in [-0.05, 0) is 37.0 Å². The molecule has 0 bridgehead atoms. The van der Waals surface area contributed by atoms with E-state index in [1.165, 1.54) is 4.90 Å². The maximum Gasteiger partial charge on any atom is 0.407 e. The topological polar surface area (TPSA) is 200 Å². The zero-order chi connectivity index (χ0) is 32.1. The molecule has 1 saturated heterocycles. The SMILES string of the molecule is CCCC(NC(=O)C1CCCN1C(=O)C(NC(=O)C(NC(=O)OCC(C)C)C(C)C)C(C)C)C(=O)C(=O)NCC(=O)O. The van der Waals surface area contributed by atoms with E-state index in [-0.39, 0.29) is 37.3 Å². The van der Waals surface area contributed by atoms with Crippen molar-refractivity contribution in [3.63, 3.8) is 0 Å². The summed E-state index contributed by atoms with van der Waals surface area (Å²) >= 11 is 0. The minimum atomic E-state index is -1.32. The van der Waals surface area contributed by atoms with Crippen molar-refractivity contribution in [2.24, 2.45) is 17.8 Å². The molecule has 0 aromatic heterocycles. The maximum absolute atomic E-state index is 13.7. The van der Waals surface area contributed by atoms with Crippen LogP contribution in [0.15, 0.2) is 0 Å². The molecule has 1 aliphatic rings. The van der Waals surface area contributed by atoms with Crippen LogP contribution in [0.2, 0.25) is 0 Å². The Hall–Kier alpha value is -3.71. The summed E-state index contributed by atoms with van der Waals surface area (Å²) in [6.45, 7) is 12.2. The van der Waals surface area contributed by atoms with Crippen molar-refractivity contribution in [1.82, 2.24) is 26.2 Å². The van der Waals surface area contributed by atoms with Crippen LogP contribution in [0.1, 0.15) is 74.1 Å². The van der Waals surface area contributed by atoms with Gasteiger partial charge in [-0.15, -0.1) is 0 Å². The molecule has 14 nitrogen and oxygen atoms in total. The molecule has 5 amide bonds. The van der Waals surface area contributed by atoms with Crippen LogP contribution >= 0.6 is 0 Å². The van der Waals surface area contributed by atoms with Gasteiger partial charge in [0.05, 0.1) is 12.6 Å². The lowest BCUT2D eigenvalue weighted by molar-refractivity contribution is -0.144. The molecule has 0 aromatic rings. The molecule has 5 N–H and O–H groups in total. The molecule has 0 radical (unpaired) electrons. The fraction of sp³-hybridized carbons (Fsp3) is 0.750. The quantitative estimate of drug-likeness (QED) is 0.158. The number of nitrogens with one attached hydrogen (secondary N) is 4. The van der Waals surface area contributed by atoms with E-state index < -0.39 is 72.2 Å². The lowest BCUT2D eigenvalue weighted by atomic mass is 9.99. The Morgan fingerprint density at radius 1 is 0.905 bits per heavy atom. The number of ketones is 1. The molecular weight excluding hydrogens is 550 g/mol. The third kappa shape index (κ3) is 11.3. The van der Waals surface area contributed by atoms with Crippen molar-refractivity contribution in [3.05, 3.63) is 0 Å². The Morgan fingerprint density at radius 2 is 1.52 bits per heavy atom. The molecule has 1 heterocycles. The lowest BCUT2D eigenvalue weighted by Gasteiger charge is -2.32. The molecule has 0 spiro atoms. The second-order valence-electron chi connectivity index (χ2n) is 11.6. The number of carboxylic acids is 1. The molecule has 14 heteroatoms. The van der Waals surface area contributed by atoms with Crippen molar-refractivity contribution in [1.29, 1.82) is 0 Å². The van der Waals surface area contributed by atoms with Crippen molar-refractivity contribution < 1.29 is 43.4 Å². The number of rotatable bonds is 16. The van der Waals surface area contributed by atoms with Gasteiger partial charge in [0, 0.05) is 6.54 Å². The predicted molar refractivity (Wildman–Crippen MR) is 152 cm³/mol. The van der Waals surface area contributed by atoms with E-state index in [2.05, 4.69) is 16.0 Å². The van der Waals surface area contributed by atoms with Crippen molar-refractivity contribution in [2.75, 3.05) is 19.7 Å². The molecule has 0 aliphatic carbocycles. The first-order chi connectivity index (χ1) is 19.6. The minimum Gasteiger partial charge on any atom is -0.480 e. The highest BCUT2D eigenvalue weighted by Gasteiger charge is 2.41. The molecule has 1 aliphatic heterocycles. The third-order valence-corrected chi connectivity index (χ3v) is 6.67.